The summed E-state index contributed by atoms with van der Waals surface area (Å²) in [7, 11) is 0. The number of alkyl carbamates (subject to hydrolysis) is 2. The normalized spacial score (nSPS) is 13.1. The zero-order valence-corrected chi connectivity index (χ0v) is 45.1. The fourth-order valence-electron chi connectivity index (χ4n) is 7.50. The lowest BCUT2D eigenvalue weighted by molar-refractivity contribution is -0.155. The lowest BCUT2D eigenvalue weighted by Crippen LogP contribution is -2.48. The van der Waals surface area contributed by atoms with Crippen LogP contribution < -0.4 is 10.6 Å². The van der Waals surface area contributed by atoms with E-state index in [1.807, 2.05) is 0 Å². The predicted molar refractivity (Wildman–Crippen MR) is 278 cm³/mol. The van der Waals surface area contributed by atoms with E-state index in [1.54, 1.807) is 62.3 Å². The third kappa shape index (κ3) is 44.9. The number of carbonyl (C=O) groups is 4. The lowest BCUT2D eigenvalue weighted by atomic mass is 10.0. The van der Waals surface area contributed by atoms with Crippen LogP contribution in [0.1, 0.15) is 275 Å². The van der Waals surface area contributed by atoms with Gasteiger partial charge in [-0.25, -0.2) is 19.4 Å². The van der Waals surface area contributed by atoms with Crippen molar-refractivity contribution >= 4 is 30.1 Å². The Kier molecular flexibility index (Phi) is 37.5. The molecule has 2 amide bonds. The maximum absolute atomic E-state index is 14.2. The Hall–Kier alpha value is -3.37. The topological polar surface area (TPSA) is 142 Å². The van der Waals surface area contributed by atoms with Gasteiger partial charge in [-0.05, 0) is 146 Å². The summed E-state index contributed by atoms with van der Waals surface area (Å²) < 4.78 is 22.7. The van der Waals surface area contributed by atoms with Crippen molar-refractivity contribution in [1.29, 1.82) is 0 Å². The number of aliphatic imine (C=N–C) groups is 1. The van der Waals surface area contributed by atoms with Gasteiger partial charge in [0.25, 0.3) is 0 Å². The molecule has 0 aliphatic heterocycles. The van der Waals surface area contributed by atoms with E-state index >= 15 is 0 Å². The van der Waals surface area contributed by atoms with Gasteiger partial charge >= 0.3 is 24.1 Å². The van der Waals surface area contributed by atoms with Gasteiger partial charge in [0.15, 0.2) is 6.04 Å². The molecule has 0 aromatic rings. The second-order valence-electron chi connectivity index (χ2n) is 21.5. The Bertz CT molecular complexity index is 1340. The van der Waals surface area contributed by atoms with Crippen molar-refractivity contribution in [3.8, 4) is 0 Å². The van der Waals surface area contributed by atoms with Crippen LogP contribution in [0.2, 0.25) is 0 Å². The Morgan fingerprint density at radius 1 is 0.448 bits per heavy atom. The summed E-state index contributed by atoms with van der Waals surface area (Å²) in [6.45, 7) is 20.1. The van der Waals surface area contributed by atoms with E-state index in [9.17, 15) is 19.2 Å². The van der Waals surface area contributed by atoms with Crippen LogP contribution in [0.25, 0.3) is 0 Å². The van der Waals surface area contributed by atoms with Gasteiger partial charge in [0.1, 0.15) is 22.9 Å². The van der Waals surface area contributed by atoms with Crippen LogP contribution in [0.3, 0.4) is 0 Å². The van der Waals surface area contributed by atoms with E-state index in [0.29, 0.717) is 0 Å². The molecule has 11 nitrogen and oxygen atoms in total. The molecule has 0 saturated heterocycles. The summed E-state index contributed by atoms with van der Waals surface area (Å²) in [6.07, 6.45) is 41.3. The zero-order valence-electron chi connectivity index (χ0n) is 45.1. The van der Waals surface area contributed by atoms with Gasteiger partial charge in [0, 0.05) is 6.42 Å². The molecule has 2 atom stereocenters. The van der Waals surface area contributed by atoms with E-state index in [0.717, 1.165) is 64.2 Å². The Labute approximate surface area is 411 Å². The molecular weight excluding hydrogens is 843 g/mol. The van der Waals surface area contributed by atoms with E-state index < -0.39 is 47.0 Å². The predicted octanol–water partition coefficient (Wildman–Crippen LogP) is 16.3. The fourth-order valence-corrected chi connectivity index (χ4v) is 7.50. The first-order chi connectivity index (χ1) is 31.7. The minimum absolute atomic E-state index is 0.0718. The van der Waals surface area contributed by atoms with Crippen LogP contribution in [0.15, 0.2) is 29.3 Å². The van der Waals surface area contributed by atoms with Gasteiger partial charge in [0.2, 0.25) is 5.96 Å². The molecule has 0 spiro atoms. The van der Waals surface area contributed by atoms with E-state index in [2.05, 4.69) is 53.8 Å². The van der Waals surface area contributed by atoms with Gasteiger partial charge in [-0.1, -0.05) is 147 Å². The molecule has 0 fully saturated rings. The number of guanidine groups is 1. The Morgan fingerprint density at radius 3 is 1.12 bits per heavy atom. The molecule has 0 radical (unpaired) electrons. The first kappa shape index (κ1) is 63.6. The third-order valence-corrected chi connectivity index (χ3v) is 10.9. The van der Waals surface area contributed by atoms with Crippen molar-refractivity contribution in [1.82, 2.24) is 10.6 Å². The van der Waals surface area contributed by atoms with E-state index in [1.165, 1.54) is 122 Å². The molecule has 2 unspecified atom stereocenters. The number of allylic oxidation sites excluding steroid dienone is 4. The van der Waals surface area contributed by atoms with Gasteiger partial charge in [-0.15, -0.1) is 0 Å². The molecule has 0 aromatic heterocycles. The summed E-state index contributed by atoms with van der Waals surface area (Å²) in [5, 5.41) is 4.94. The average Bonchev–Trinajstić information content (AvgIpc) is 3.21. The van der Waals surface area contributed by atoms with Crippen molar-refractivity contribution in [3.63, 3.8) is 0 Å². The summed E-state index contributed by atoms with van der Waals surface area (Å²) in [6, 6.07) is -1.25. The quantitative estimate of drug-likeness (QED) is 0.0157. The van der Waals surface area contributed by atoms with Crippen LogP contribution in [-0.4, -0.2) is 59.0 Å². The number of nitrogens with one attached hydrogen (secondary N) is 2. The molecule has 0 aromatic carbocycles. The first-order valence-electron chi connectivity index (χ1n) is 27.0. The van der Waals surface area contributed by atoms with Gasteiger partial charge in [0.05, 0.1) is 0 Å². The standard InChI is InChI=1S/C56H103N3O8/c1-12-14-16-18-20-22-24-26-28-30-32-34-36-38-40-42-44-47(43-41-39-37-35-33-31-29-27-25-23-21-19-17-15-13-2)64-50(61)48(45-46-49(60)65-54(3,4)5)57-51(58-52(62)66-55(6,7)8)59-53(63)67-56(9,10)11/h26-29,47-48H,12-25,30-46H2,1-11H3,(H2,57,58,59,62,63)/b28-26-,29-27-. The van der Waals surface area contributed by atoms with Crippen molar-refractivity contribution in [2.75, 3.05) is 0 Å². The van der Waals surface area contributed by atoms with Crippen molar-refractivity contribution in [2.45, 2.75) is 304 Å². The fraction of sp³-hybridized carbons (Fsp3) is 0.839. The largest absolute Gasteiger partial charge is 0.461 e. The maximum atomic E-state index is 14.2. The molecule has 0 aliphatic carbocycles. The number of esters is 2. The smallest absolute Gasteiger partial charge is 0.414 e. The Balaban J connectivity index is 5.77. The highest BCUT2D eigenvalue weighted by atomic mass is 16.6. The van der Waals surface area contributed by atoms with Crippen LogP contribution >= 0.6 is 0 Å². The molecule has 2 N–H and O–H groups in total. The minimum Gasteiger partial charge on any atom is -0.461 e. The summed E-state index contributed by atoms with van der Waals surface area (Å²) >= 11 is 0. The number of rotatable bonds is 37. The number of nitrogens with zero attached hydrogens (tertiary/aromatic N) is 1. The number of ether oxygens (including phenoxy) is 4. The van der Waals surface area contributed by atoms with Crippen LogP contribution in [0, 0.1) is 0 Å². The highest BCUT2D eigenvalue weighted by Gasteiger charge is 2.28. The molecule has 0 heterocycles. The second-order valence-corrected chi connectivity index (χ2v) is 21.5. The molecule has 0 bridgehead atoms. The highest BCUT2D eigenvalue weighted by Crippen LogP contribution is 2.21. The van der Waals surface area contributed by atoms with Crippen LogP contribution in [0.4, 0.5) is 9.59 Å². The molecule has 0 rings (SSSR count). The monoisotopic (exact) mass is 946 g/mol. The van der Waals surface area contributed by atoms with E-state index in [4.69, 9.17) is 18.9 Å². The SMILES string of the molecule is CCCCCCCC/C=C\CCCCCCCCC(CCCCCCC/C=C\CCCCCCCC)OC(=O)C(CCC(=O)OC(C)(C)C)N=C(NC(=O)OC(C)(C)C)NC(=O)OC(C)(C)C. The Morgan fingerprint density at radius 2 is 0.776 bits per heavy atom. The number of carbonyl (C=O) groups excluding carboxylic acids is 4. The van der Waals surface area contributed by atoms with E-state index in [-0.39, 0.29) is 24.9 Å². The van der Waals surface area contributed by atoms with Crippen LogP contribution in [0.5, 0.6) is 0 Å². The summed E-state index contributed by atoms with van der Waals surface area (Å²) in [4.78, 5) is 57.4. The molecular formula is C56H103N3O8. The first-order valence-corrected chi connectivity index (χ1v) is 27.0. The van der Waals surface area contributed by atoms with Gasteiger partial charge < -0.3 is 18.9 Å². The van der Waals surface area contributed by atoms with Crippen molar-refractivity contribution in [2.24, 2.45) is 4.99 Å². The number of unbranched alkanes of at least 4 members (excludes halogenated alkanes) is 23. The molecule has 0 saturated carbocycles. The van der Waals surface area contributed by atoms with Gasteiger partial charge in [-0.2, -0.15) is 0 Å². The number of hydrogen-bond donors (Lipinski definition) is 2. The molecule has 0 aliphatic rings. The molecule has 11 heteroatoms. The summed E-state index contributed by atoms with van der Waals surface area (Å²) in [5.41, 5.74) is -2.42. The van der Waals surface area contributed by atoms with Crippen molar-refractivity contribution < 1.29 is 38.1 Å². The van der Waals surface area contributed by atoms with Crippen LogP contribution in [-0.2, 0) is 28.5 Å². The van der Waals surface area contributed by atoms with Crippen molar-refractivity contribution in [3.05, 3.63) is 24.3 Å². The maximum Gasteiger partial charge on any atom is 0.414 e. The molecule has 390 valence electrons. The lowest BCUT2D eigenvalue weighted by Gasteiger charge is -2.24. The third-order valence-electron chi connectivity index (χ3n) is 10.9. The number of amides is 2. The summed E-state index contributed by atoms with van der Waals surface area (Å²) in [5.74, 6) is -1.49. The highest BCUT2D eigenvalue weighted by molar-refractivity contribution is 6.02. The van der Waals surface area contributed by atoms with Gasteiger partial charge in [-0.3, -0.25) is 15.4 Å². The minimum atomic E-state index is -1.25. The molecule has 67 heavy (non-hydrogen) atoms. The zero-order chi connectivity index (χ0) is 50.2. The number of hydrogen-bond acceptors (Lipinski definition) is 9. The second kappa shape index (κ2) is 39.5. The average molecular weight is 946 g/mol.